The standard InChI is InChI=1S/C13H12F2N2/c1-2-3-9-7-16-13(17-8-9)10-4-5-11(14)12(15)6-10/h4-8H,2-3H2,1H3. The van der Waals surface area contributed by atoms with Gasteiger partial charge in [-0.25, -0.2) is 18.7 Å². The molecule has 1 aromatic heterocycles. The van der Waals surface area contributed by atoms with Gasteiger partial charge < -0.3 is 0 Å². The number of aromatic nitrogens is 2. The molecule has 0 fully saturated rings. The molecule has 0 N–H and O–H groups in total. The molecule has 1 heterocycles. The van der Waals surface area contributed by atoms with Crippen molar-refractivity contribution in [3.63, 3.8) is 0 Å². The lowest BCUT2D eigenvalue weighted by Gasteiger charge is -2.02. The highest BCUT2D eigenvalue weighted by atomic mass is 19.2. The Kier molecular flexibility index (Phi) is 3.42. The van der Waals surface area contributed by atoms with E-state index in [9.17, 15) is 8.78 Å². The molecule has 2 nitrogen and oxygen atoms in total. The third kappa shape index (κ3) is 2.64. The van der Waals surface area contributed by atoms with Crippen LogP contribution < -0.4 is 0 Å². The van der Waals surface area contributed by atoms with Crippen molar-refractivity contribution in [2.45, 2.75) is 19.8 Å². The summed E-state index contributed by atoms with van der Waals surface area (Å²) in [4.78, 5) is 8.28. The maximum Gasteiger partial charge on any atom is 0.159 e. The molecule has 88 valence electrons. The smallest absolute Gasteiger partial charge is 0.159 e. The number of halogens is 2. The van der Waals surface area contributed by atoms with Gasteiger partial charge in [-0.15, -0.1) is 0 Å². The molecule has 0 unspecified atom stereocenters. The third-order valence-electron chi connectivity index (χ3n) is 2.42. The number of hydrogen-bond donors (Lipinski definition) is 0. The first kappa shape index (κ1) is 11.6. The molecule has 0 spiro atoms. The molecule has 2 rings (SSSR count). The molecule has 0 amide bonds. The Morgan fingerprint density at radius 1 is 1.06 bits per heavy atom. The molecular formula is C13H12F2N2. The molecule has 17 heavy (non-hydrogen) atoms. The molecule has 2 aromatic rings. The molecule has 0 aliphatic rings. The lowest BCUT2D eigenvalue weighted by Crippen LogP contribution is -1.93. The largest absolute Gasteiger partial charge is 0.236 e. The van der Waals surface area contributed by atoms with E-state index < -0.39 is 11.6 Å². The summed E-state index contributed by atoms with van der Waals surface area (Å²) < 4.78 is 25.8. The summed E-state index contributed by atoms with van der Waals surface area (Å²) in [5.74, 6) is -1.34. The van der Waals surface area contributed by atoms with Crippen molar-refractivity contribution in [3.05, 3.63) is 47.8 Å². The molecule has 0 saturated carbocycles. The highest BCUT2D eigenvalue weighted by Crippen LogP contribution is 2.17. The van der Waals surface area contributed by atoms with Gasteiger partial charge in [0.25, 0.3) is 0 Å². The van der Waals surface area contributed by atoms with Crippen LogP contribution in [0.25, 0.3) is 11.4 Å². The van der Waals surface area contributed by atoms with Gasteiger partial charge in [0.05, 0.1) is 0 Å². The monoisotopic (exact) mass is 234 g/mol. The number of hydrogen-bond acceptors (Lipinski definition) is 2. The second-order valence-corrected chi connectivity index (χ2v) is 3.79. The van der Waals surface area contributed by atoms with Crippen LogP contribution in [0.15, 0.2) is 30.6 Å². The maximum atomic E-state index is 13.0. The summed E-state index contributed by atoms with van der Waals surface area (Å²) in [7, 11) is 0. The van der Waals surface area contributed by atoms with E-state index >= 15 is 0 Å². The minimum atomic E-state index is -0.885. The van der Waals surface area contributed by atoms with Gasteiger partial charge in [-0.05, 0) is 30.2 Å². The van der Waals surface area contributed by atoms with Crippen LogP contribution in [0.3, 0.4) is 0 Å². The SMILES string of the molecule is CCCc1cnc(-c2ccc(F)c(F)c2)nc1. The number of rotatable bonds is 3. The predicted octanol–water partition coefficient (Wildman–Crippen LogP) is 3.37. The summed E-state index contributed by atoms with van der Waals surface area (Å²) in [6, 6.07) is 3.64. The molecule has 0 bridgehead atoms. The van der Waals surface area contributed by atoms with E-state index in [1.165, 1.54) is 6.07 Å². The van der Waals surface area contributed by atoms with Crippen LogP contribution in [-0.4, -0.2) is 9.97 Å². The normalized spacial score (nSPS) is 10.5. The Morgan fingerprint density at radius 2 is 1.76 bits per heavy atom. The van der Waals surface area contributed by atoms with E-state index in [0.29, 0.717) is 11.4 Å². The highest BCUT2D eigenvalue weighted by molar-refractivity contribution is 5.54. The van der Waals surface area contributed by atoms with Gasteiger partial charge in [0.1, 0.15) is 0 Å². The summed E-state index contributed by atoms with van der Waals surface area (Å²) in [6.07, 6.45) is 5.37. The Labute approximate surface area is 98.4 Å². The average molecular weight is 234 g/mol. The van der Waals surface area contributed by atoms with Crippen LogP contribution in [0.2, 0.25) is 0 Å². The average Bonchev–Trinajstić information content (AvgIpc) is 2.34. The molecule has 0 saturated heterocycles. The van der Waals surface area contributed by atoms with Gasteiger partial charge in [0, 0.05) is 18.0 Å². The van der Waals surface area contributed by atoms with E-state index in [2.05, 4.69) is 16.9 Å². The zero-order valence-electron chi connectivity index (χ0n) is 9.45. The van der Waals surface area contributed by atoms with Crippen molar-refractivity contribution in [1.29, 1.82) is 0 Å². The first-order chi connectivity index (χ1) is 8.20. The lowest BCUT2D eigenvalue weighted by atomic mass is 10.2. The number of benzene rings is 1. The molecular weight excluding hydrogens is 222 g/mol. The fraction of sp³-hybridized carbons (Fsp3) is 0.231. The van der Waals surface area contributed by atoms with Crippen molar-refractivity contribution >= 4 is 0 Å². The Bertz CT molecular complexity index is 509. The van der Waals surface area contributed by atoms with Crippen molar-refractivity contribution < 1.29 is 8.78 Å². The zero-order chi connectivity index (χ0) is 12.3. The molecule has 0 aliphatic heterocycles. The zero-order valence-corrected chi connectivity index (χ0v) is 9.45. The van der Waals surface area contributed by atoms with Crippen LogP contribution in [0, 0.1) is 11.6 Å². The van der Waals surface area contributed by atoms with Crippen LogP contribution in [0.5, 0.6) is 0 Å². The number of aryl methyl sites for hydroxylation is 1. The number of nitrogens with zero attached hydrogens (tertiary/aromatic N) is 2. The van der Waals surface area contributed by atoms with E-state index in [4.69, 9.17) is 0 Å². The van der Waals surface area contributed by atoms with E-state index in [1.54, 1.807) is 12.4 Å². The second kappa shape index (κ2) is 4.99. The second-order valence-electron chi connectivity index (χ2n) is 3.79. The molecule has 0 aliphatic carbocycles. The van der Waals surface area contributed by atoms with Crippen molar-refractivity contribution in [2.24, 2.45) is 0 Å². The van der Waals surface area contributed by atoms with E-state index in [1.807, 2.05) is 0 Å². The first-order valence-electron chi connectivity index (χ1n) is 5.47. The Morgan fingerprint density at radius 3 is 2.35 bits per heavy atom. The van der Waals surface area contributed by atoms with Crippen molar-refractivity contribution in [1.82, 2.24) is 9.97 Å². The molecule has 4 heteroatoms. The van der Waals surface area contributed by atoms with Crippen LogP contribution >= 0.6 is 0 Å². The van der Waals surface area contributed by atoms with Gasteiger partial charge in [-0.3, -0.25) is 0 Å². The topological polar surface area (TPSA) is 25.8 Å². The van der Waals surface area contributed by atoms with Gasteiger partial charge in [0.15, 0.2) is 17.5 Å². The fourth-order valence-electron chi connectivity index (χ4n) is 1.56. The Hall–Kier alpha value is -1.84. The fourth-order valence-corrected chi connectivity index (χ4v) is 1.56. The predicted molar refractivity (Wildman–Crippen MR) is 61.4 cm³/mol. The van der Waals surface area contributed by atoms with Crippen LogP contribution in [0.1, 0.15) is 18.9 Å². The third-order valence-corrected chi connectivity index (χ3v) is 2.42. The quantitative estimate of drug-likeness (QED) is 0.813. The van der Waals surface area contributed by atoms with Crippen molar-refractivity contribution in [2.75, 3.05) is 0 Å². The van der Waals surface area contributed by atoms with E-state index in [0.717, 1.165) is 30.5 Å². The summed E-state index contributed by atoms with van der Waals surface area (Å²) in [6.45, 7) is 2.07. The van der Waals surface area contributed by atoms with Gasteiger partial charge in [-0.1, -0.05) is 13.3 Å². The van der Waals surface area contributed by atoms with Crippen LogP contribution in [-0.2, 0) is 6.42 Å². The first-order valence-corrected chi connectivity index (χ1v) is 5.47. The summed E-state index contributed by atoms with van der Waals surface area (Å²) >= 11 is 0. The highest BCUT2D eigenvalue weighted by Gasteiger charge is 2.06. The summed E-state index contributed by atoms with van der Waals surface area (Å²) in [5, 5.41) is 0. The maximum absolute atomic E-state index is 13.0. The van der Waals surface area contributed by atoms with Crippen molar-refractivity contribution in [3.8, 4) is 11.4 Å². The molecule has 0 radical (unpaired) electrons. The Balaban J connectivity index is 2.30. The van der Waals surface area contributed by atoms with Crippen LogP contribution in [0.4, 0.5) is 8.78 Å². The van der Waals surface area contributed by atoms with Gasteiger partial charge >= 0.3 is 0 Å². The summed E-state index contributed by atoms with van der Waals surface area (Å²) in [5.41, 5.74) is 1.52. The molecule has 1 aromatic carbocycles. The van der Waals surface area contributed by atoms with E-state index in [-0.39, 0.29) is 0 Å². The van der Waals surface area contributed by atoms with Gasteiger partial charge in [-0.2, -0.15) is 0 Å². The molecule has 0 atom stereocenters. The minimum Gasteiger partial charge on any atom is -0.236 e. The minimum absolute atomic E-state index is 0.406. The van der Waals surface area contributed by atoms with Gasteiger partial charge in [0.2, 0.25) is 0 Å². The lowest BCUT2D eigenvalue weighted by molar-refractivity contribution is 0.509.